The summed E-state index contributed by atoms with van der Waals surface area (Å²) in [6.45, 7) is 4.42. The standard InChI is InChI=1S/C13H17N3S/c1-9(2)7-17-8-12-15-11-6-4-3-5-10(11)13(14)16-12/h3-6,9H,7-8H2,1-2H3,(H2,14,15,16). The molecular formula is C13H17N3S. The number of rotatable bonds is 4. The van der Waals surface area contributed by atoms with E-state index in [-0.39, 0.29) is 0 Å². The van der Waals surface area contributed by atoms with Crippen molar-refractivity contribution in [3.63, 3.8) is 0 Å². The number of nitrogens with two attached hydrogens (primary N) is 1. The van der Waals surface area contributed by atoms with Crippen LogP contribution in [0.2, 0.25) is 0 Å². The first-order chi connectivity index (χ1) is 8.16. The van der Waals surface area contributed by atoms with Gasteiger partial charge in [0.2, 0.25) is 0 Å². The van der Waals surface area contributed by atoms with Crippen molar-refractivity contribution in [3.8, 4) is 0 Å². The number of thioether (sulfide) groups is 1. The molecular weight excluding hydrogens is 230 g/mol. The molecule has 0 atom stereocenters. The first-order valence-corrected chi connectivity index (χ1v) is 6.91. The summed E-state index contributed by atoms with van der Waals surface area (Å²) in [6, 6.07) is 7.86. The lowest BCUT2D eigenvalue weighted by molar-refractivity contribution is 0.750. The summed E-state index contributed by atoms with van der Waals surface area (Å²) in [5.41, 5.74) is 6.86. The maximum absolute atomic E-state index is 5.93. The summed E-state index contributed by atoms with van der Waals surface area (Å²) in [5, 5.41) is 0.935. The lowest BCUT2D eigenvalue weighted by atomic mass is 10.2. The van der Waals surface area contributed by atoms with E-state index in [1.165, 1.54) is 0 Å². The van der Waals surface area contributed by atoms with Crippen LogP contribution in [0, 0.1) is 5.92 Å². The van der Waals surface area contributed by atoms with Gasteiger partial charge in [0.05, 0.1) is 11.3 Å². The minimum atomic E-state index is 0.579. The van der Waals surface area contributed by atoms with E-state index in [2.05, 4.69) is 23.8 Å². The van der Waals surface area contributed by atoms with Gasteiger partial charge in [-0.3, -0.25) is 0 Å². The number of hydrogen-bond donors (Lipinski definition) is 1. The maximum atomic E-state index is 5.93. The number of aromatic nitrogens is 2. The minimum absolute atomic E-state index is 0.579. The van der Waals surface area contributed by atoms with Crippen LogP contribution in [0.15, 0.2) is 24.3 Å². The van der Waals surface area contributed by atoms with Gasteiger partial charge in [0.15, 0.2) is 0 Å². The van der Waals surface area contributed by atoms with Gasteiger partial charge in [-0.2, -0.15) is 11.8 Å². The van der Waals surface area contributed by atoms with Gasteiger partial charge in [0, 0.05) is 5.39 Å². The second-order valence-electron chi connectivity index (χ2n) is 4.45. The van der Waals surface area contributed by atoms with Crippen LogP contribution in [0.1, 0.15) is 19.7 Å². The minimum Gasteiger partial charge on any atom is -0.383 e. The fraction of sp³-hybridized carbons (Fsp3) is 0.385. The summed E-state index contributed by atoms with van der Waals surface area (Å²) in [7, 11) is 0. The molecule has 90 valence electrons. The monoisotopic (exact) mass is 247 g/mol. The molecule has 1 aromatic heterocycles. The molecule has 2 aromatic rings. The molecule has 0 aliphatic heterocycles. The molecule has 17 heavy (non-hydrogen) atoms. The number of nitrogens with zero attached hydrogens (tertiary/aromatic N) is 2. The number of fused-ring (bicyclic) bond motifs is 1. The quantitative estimate of drug-likeness (QED) is 0.902. The summed E-state index contributed by atoms with van der Waals surface area (Å²) < 4.78 is 0. The van der Waals surface area contributed by atoms with E-state index in [1.807, 2.05) is 36.0 Å². The molecule has 0 amide bonds. The molecule has 0 aliphatic rings. The Hall–Kier alpha value is -1.29. The van der Waals surface area contributed by atoms with E-state index in [4.69, 9.17) is 5.73 Å². The van der Waals surface area contributed by atoms with Crippen LogP contribution >= 0.6 is 11.8 Å². The number of benzene rings is 1. The average molecular weight is 247 g/mol. The fourth-order valence-electron chi connectivity index (χ4n) is 1.60. The summed E-state index contributed by atoms with van der Waals surface area (Å²) in [4.78, 5) is 8.86. The van der Waals surface area contributed by atoms with E-state index in [0.717, 1.165) is 28.2 Å². The normalized spacial score (nSPS) is 11.2. The van der Waals surface area contributed by atoms with E-state index in [0.29, 0.717) is 11.7 Å². The summed E-state index contributed by atoms with van der Waals surface area (Å²) in [6.07, 6.45) is 0. The van der Waals surface area contributed by atoms with Crippen LogP contribution in [0.4, 0.5) is 5.82 Å². The van der Waals surface area contributed by atoms with Crippen LogP contribution in [-0.2, 0) is 5.75 Å². The molecule has 1 heterocycles. The second kappa shape index (κ2) is 5.36. The van der Waals surface area contributed by atoms with Crippen LogP contribution in [-0.4, -0.2) is 15.7 Å². The van der Waals surface area contributed by atoms with Crippen LogP contribution in [0.25, 0.3) is 10.9 Å². The largest absolute Gasteiger partial charge is 0.383 e. The predicted octanol–water partition coefficient (Wildman–Crippen LogP) is 3.10. The Morgan fingerprint density at radius 2 is 2.00 bits per heavy atom. The first-order valence-electron chi connectivity index (χ1n) is 5.75. The van der Waals surface area contributed by atoms with Gasteiger partial charge in [-0.15, -0.1) is 0 Å². The lowest BCUT2D eigenvalue weighted by Crippen LogP contribution is -2.01. The van der Waals surface area contributed by atoms with Gasteiger partial charge in [-0.1, -0.05) is 26.0 Å². The molecule has 0 bridgehead atoms. The third-order valence-electron chi connectivity index (χ3n) is 2.36. The molecule has 0 radical (unpaired) electrons. The number of anilines is 1. The Morgan fingerprint density at radius 1 is 1.24 bits per heavy atom. The van der Waals surface area contributed by atoms with Gasteiger partial charge in [0.25, 0.3) is 0 Å². The summed E-state index contributed by atoms with van der Waals surface area (Å²) >= 11 is 1.85. The SMILES string of the molecule is CC(C)CSCc1nc(N)c2ccccc2n1. The molecule has 0 unspecified atom stereocenters. The highest BCUT2D eigenvalue weighted by molar-refractivity contribution is 7.98. The molecule has 0 spiro atoms. The highest BCUT2D eigenvalue weighted by Gasteiger charge is 2.05. The second-order valence-corrected chi connectivity index (χ2v) is 5.48. The molecule has 3 nitrogen and oxygen atoms in total. The van der Waals surface area contributed by atoms with Crippen molar-refractivity contribution >= 4 is 28.5 Å². The van der Waals surface area contributed by atoms with Crippen molar-refractivity contribution in [2.24, 2.45) is 5.92 Å². The molecule has 2 N–H and O–H groups in total. The molecule has 0 saturated heterocycles. The molecule has 2 rings (SSSR count). The lowest BCUT2D eigenvalue weighted by Gasteiger charge is -2.06. The molecule has 0 saturated carbocycles. The Bertz CT molecular complexity index is 511. The average Bonchev–Trinajstić information content (AvgIpc) is 2.28. The van der Waals surface area contributed by atoms with Crippen molar-refractivity contribution in [1.29, 1.82) is 0 Å². The van der Waals surface area contributed by atoms with Crippen LogP contribution in [0.3, 0.4) is 0 Å². The third-order valence-corrected chi connectivity index (χ3v) is 3.73. The Balaban J connectivity index is 2.19. The van der Waals surface area contributed by atoms with E-state index < -0.39 is 0 Å². The number of nitrogen functional groups attached to an aromatic ring is 1. The van der Waals surface area contributed by atoms with Gasteiger partial charge in [-0.05, 0) is 23.8 Å². The van der Waals surface area contributed by atoms with E-state index >= 15 is 0 Å². The van der Waals surface area contributed by atoms with Gasteiger partial charge in [-0.25, -0.2) is 9.97 Å². The molecule has 4 heteroatoms. The van der Waals surface area contributed by atoms with Crippen LogP contribution in [0.5, 0.6) is 0 Å². The van der Waals surface area contributed by atoms with E-state index in [9.17, 15) is 0 Å². The highest BCUT2D eigenvalue weighted by Crippen LogP contribution is 2.19. The zero-order valence-corrected chi connectivity index (χ0v) is 11.0. The number of para-hydroxylation sites is 1. The Morgan fingerprint density at radius 3 is 2.76 bits per heavy atom. The van der Waals surface area contributed by atoms with Gasteiger partial charge in [0.1, 0.15) is 11.6 Å². The van der Waals surface area contributed by atoms with Gasteiger partial charge < -0.3 is 5.73 Å². The van der Waals surface area contributed by atoms with Crippen molar-refractivity contribution < 1.29 is 0 Å². The van der Waals surface area contributed by atoms with Crippen molar-refractivity contribution in [3.05, 3.63) is 30.1 Å². The highest BCUT2D eigenvalue weighted by atomic mass is 32.2. The third kappa shape index (κ3) is 3.09. The van der Waals surface area contributed by atoms with Gasteiger partial charge >= 0.3 is 0 Å². The zero-order valence-electron chi connectivity index (χ0n) is 10.2. The molecule has 1 aromatic carbocycles. The van der Waals surface area contributed by atoms with Crippen molar-refractivity contribution in [1.82, 2.24) is 9.97 Å². The molecule has 0 fully saturated rings. The smallest absolute Gasteiger partial charge is 0.141 e. The predicted molar refractivity (Wildman–Crippen MR) is 75.0 cm³/mol. The van der Waals surface area contributed by atoms with Crippen molar-refractivity contribution in [2.75, 3.05) is 11.5 Å². The fourth-order valence-corrected chi connectivity index (χ4v) is 2.50. The maximum Gasteiger partial charge on any atom is 0.141 e. The van der Waals surface area contributed by atoms with Crippen molar-refractivity contribution in [2.45, 2.75) is 19.6 Å². The number of hydrogen-bond acceptors (Lipinski definition) is 4. The zero-order chi connectivity index (χ0) is 12.3. The molecule has 0 aliphatic carbocycles. The topological polar surface area (TPSA) is 51.8 Å². The Kier molecular flexibility index (Phi) is 3.84. The van der Waals surface area contributed by atoms with E-state index in [1.54, 1.807) is 0 Å². The van der Waals surface area contributed by atoms with Crippen LogP contribution < -0.4 is 5.73 Å². The first kappa shape index (κ1) is 12.2. The Labute approximate surface area is 106 Å². The summed E-state index contributed by atoms with van der Waals surface area (Å²) in [5.74, 6) is 4.05.